The quantitative estimate of drug-likeness (QED) is 0.529. The zero-order valence-electron chi connectivity index (χ0n) is 5.84. The highest BCUT2D eigenvalue weighted by atomic mass is 16.3. The van der Waals surface area contributed by atoms with Gasteiger partial charge in [0.1, 0.15) is 6.29 Å². The summed E-state index contributed by atoms with van der Waals surface area (Å²) in [7, 11) is 0. The molecule has 0 aromatic heterocycles. The van der Waals surface area contributed by atoms with Gasteiger partial charge in [-0.1, -0.05) is 6.92 Å². The molecule has 0 aromatic rings. The molecule has 3 heteroatoms. The Balaban J connectivity index is 0. The summed E-state index contributed by atoms with van der Waals surface area (Å²) >= 11 is 0. The predicted octanol–water partition coefficient (Wildman–Crippen LogP) is -0.0772. The number of aliphatic hydroxyl groups is 1. The highest BCUT2D eigenvalue weighted by Gasteiger charge is 1.66. The fraction of sp³-hybridized carbons (Fsp3) is 0.833. The molecule has 0 unspecified atom stereocenters. The first-order valence-corrected chi connectivity index (χ1v) is 3.08. The minimum Gasteiger partial charge on any atom is -0.395 e. The molecule has 0 fully saturated rings. The average Bonchev–Trinajstić information content (AvgIpc) is 1.91. The van der Waals surface area contributed by atoms with E-state index in [0.717, 1.165) is 12.7 Å². The summed E-state index contributed by atoms with van der Waals surface area (Å²) in [6.07, 6.45) is 2.61. The molecule has 0 radical (unpaired) electrons. The molecule has 0 bridgehead atoms. The van der Waals surface area contributed by atoms with E-state index in [9.17, 15) is 4.79 Å². The van der Waals surface area contributed by atoms with Gasteiger partial charge in [0, 0.05) is 13.0 Å². The van der Waals surface area contributed by atoms with Crippen LogP contribution in [0.1, 0.15) is 19.8 Å². The van der Waals surface area contributed by atoms with Gasteiger partial charge in [0.15, 0.2) is 0 Å². The summed E-state index contributed by atoms with van der Waals surface area (Å²) in [6.45, 7) is 2.45. The van der Waals surface area contributed by atoms with Gasteiger partial charge in [0.05, 0.1) is 6.61 Å². The fourth-order valence-corrected chi connectivity index (χ4v) is 0.118. The van der Waals surface area contributed by atoms with Crippen molar-refractivity contribution in [1.82, 2.24) is 0 Å². The summed E-state index contributed by atoms with van der Waals surface area (Å²) in [5, 5.41) is 7.75. The van der Waals surface area contributed by atoms with Crippen molar-refractivity contribution >= 4 is 6.29 Å². The lowest BCUT2D eigenvalue weighted by atomic mass is 10.4. The van der Waals surface area contributed by atoms with Crippen LogP contribution in [0.25, 0.3) is 0 Å². The van der Waals surface area contributed by atoms with Gasteiger partial charge in [-0.05, 0) is 6.42 Å². The number of carbonyl (C=O) groups excluding carboxylic acids is 1. The van der Waals surface area contributed by atoms with Gasteiger partial charge >= 0.3 is 0 Å². The van der Waals surface area contributed by atoms with E-state index < -0.39 is 0 Å². The molecule has 56 valence electrons. The van der Waals surface area contributed by atoms with E-state index in [1.165, 1.54) is 0 Å². The first-order valence-electron chi connectivity index (χ1n) is 3.08. The summed E-state index contributed by atoms with van der Waals surface area (Å²) in [6, 6.07) is 0. The van der Waals surface area contributed by atoms with Gasteiger partial charge in [-0.2, -0.15) is 0 Å². The monoisotopic (exact) mass is 133 g/mol. The van der Waals surface area contributed by atoms with E-state index in [4.69, 9.17) is 10.8 Å². The summed E-state index contributed by atoms with van der Waals surface area (Å²) in [4.78, 5) is 9.40. The number of aldehydes is 1. The molecule has 3 nitrogen and oxygen atoms in total. The van der Waals surface area contributed by atoms with Crippen molar-refractivity contribution in [3.63, 3.8) is 0 Å². The summed E-state index contributed by atoms with van der Waals surface area (Å²) in [5.74, 6) is 0. The van der Waals surface area contributed by atoms with Crippen LogP contribution in [-0.4, -0.2) is 24.5 Å². The molecule has 0 amide bonds. The van der Waals surface area contributed by atoms with Gasteiger partial charge in [-0.3, -0.25) is 0 Å². The molecule has 0 aliphatic heterocycles. The van der Waals surface area contributed by atoms with Gasteiger partial charge in [-0.25, -0.2) is 0 Å². The second kappa shape index (κ2) is 15.6. The molecule has 9 heavy (non-hydrogen) atoms. The van der Waals surface area contributed by atoms with E-state index >= 15 is 0 Å². The van der Waals surface area contributed by atoms with E-state index in [2.05, 4.69) is 0 Å². The number of rotatable bonds is 3. The van der Waals surface area contributed by atoms with E-state index in [1.54, 1.807) is 0 Å². The van der Waals surface area contributed by atoms with Crippen molar-refractivity contribution in [3.05, 3.63) is 0 Å². The number of carbonyl (C=O) groups is 1. The normalized spacial score (nSPS) is 7.44. The lowest BCUT2D eigenvalue weighted by Gasteiger charge is -1.71. The minimum absolute atomic E-state index is 0.0972. The lowest BCUT2D eigenvalue weighted by molar-refractivity contribution is -0.107. The van der Waals surface area contributed by atoms with Crippen LogP contribution in [0.2, 0.25) is 0 Å². The first-order chi connectivity index (χ1) is 4.33. The molecule has 0 aliphatic carbocycles. The van der Waals surface area contributed by atoms with Crippen molar-refractivity contribution in [2.75, 3.05) is 13.2 Å². The zero-order valence-corrected chi connectivity index (χ0v) is 5.84. The zero-order chi connectivity index (χ0) is 7.54. The van der Waals surface area contributed by atoms with E-state index in [-0.39, 0.29) is 6.61 Å². The summed E-state index contributed by atoms with van der Waals surface area (Å²) in [5.41, 5.74) is 4.78. The number of unbranched alkanes of at least 4 members (excludes halogenated alkanes) is 1. The highest BCUT2D eigenvalue weighted by Crippen LogP contribution is 1.74. The SMILES string of the molecule is CCCC=O.NCCO. The summed E-state index contributed by atoms with van der Waals surface area (Å²) < 4.78 is 0. The largest absolute Gasteiger partial charge is 0.395 e. The topological polar surface area (TPSA) is 63.3 Å². The maximum Gasteiger partial charge on any atom is 0.119 e. The van der Waals surface area contributed by atoms with Crippen LogP contribution >= 0.6 is 0 Å². The minimum atomic E-state index is 0.0972. The molecule has 0 saturated carbocycles. The van der Waals surface area contributed by atoms with Crippen molar-refractivity contribution in [2.45, 2.75) is 19.8 Å². The number of hydrogen-bond acceptors (Lipinski definition) is 3. The Morgan fingerprint density at radius 1 is 1.67 bits per heavy atom. The van der Waals surface area contributed by atoms with Gasteiger partial charge in [-0.15, -0.1) is 0 Å². The van der Waals surface area contributed by atoms with Gasteiger partial charge < -0.3 is 15.6 Å². The smallest absolute Gasteiger partial charge is 0.119 e. The van der Waals surface area contributed by atoms with Crippen LogP contribution in [0.3, 0.4) is 0 Å². The van der Waals surface area contributed by atoms with Crippen molar-refractivity contribution in [3.8, 4) is 0 Å². The van der Waals surface area contributed by atoms with Crippen LogP contribution in [0.4, 0.5) is 0 Å². The van der Waals surface area contributed by atoms with Crippen LogP contribution in [0.15, 0.2) is 0 Å². The predicted molar refractivity (Wildman–Crippen MR) is 37.1 cm³/mol. The van der Waals surface area contributed by atoms with Crippen molar-refractivity contribution < 1.29 is 9.90 Å². The third-order valence-corrected chi connectivity index (χ3v) is 0.536. The Morgan fingerprint density at radius 3 is 2.11 bits per heavy atom. The fourth-order valence-electron chi connectivity index (χ4n) is 0.118. The molecule has 0 saturated heterocycles. The second-order valence-corrected chi connectivity index (χ2v) is 1.47. The molecule has 0 aromatic carbocycles. The molecule has 3 N–H and O–H groups in total. The van der Waals surface area contributed by atoms with Gasteiger partial charge in [0.2, 0.25) is 0 Å². The Bertz CT molecular complexity index is 46.3. The van der Waals surface area contributed by atoms with E-state index in [1.807, 2.05) is 6.92 Å². The molecule has 0 heterocycles. The molecule has 0 aliphatic rings. The highest BCUT2D eigenvalue weighted by molar-refractivity contribution is 5.48. The molecule has 0 spiro atoms. The number of aliphatic hydroxyl groups excluding tert-OH is 1. The number of nitrogens with two attached hydrogens (primary N) is 1. The average molecular weight is 133 g/mol. The Hall–Kier alpha value is -0.410. The standard InChI is InChI=1S/C4H8O.C2H7NO/c1-2-3-4-5;3-1-2-4/h4H,2-3H2,1H3;4H,1-3H2. The molecule has 0 rings (SSSR count). The third kappa shape index (κ3) is 35.4. The second-order valence-electron chi connectivity index (χ2n) is 1.47. The molecular formula is C6H15NO2. The Labute approximate surface area is 55.9 Å². The maximum atomic E-state index is 9.40. The van der Waals surface area contributed by atoms with Crippen LogP contribution in [-0.2, 0) is 4.79 Å². The Kier molecular flexibility index (Phi) is 19.8. The van der Waals surface area contributed by atoms with Crippen LogP contribution in [0, 0.1) is 0 Å². The van der Waals surface area contributed by atoms with Crippen molar-refractivity contribution in [1.29, 1.82) is 0 Å². The molecular weight excluding hydrogens is 118 g/mol. The first kappa shape index (κ1) is 11.4. The third-order valence-electron chi connectivity index (χ3n) is 0.536. The number of hydrogen-bond donors (Lipinski definition) is 2. The van der Waals surface area contributed by atoms with Crippen LogP contribution < -0.4 is 5.73 Å². The van der Waals surface area contributed by atoms with Crippen LogP contribution in [0.5, 0.6) is 0 Å². The molecule has 0 atom stereocenters. The van der Waals surface area contributed by atoms with E-state index in [0.29, 0.717) is 13.0 Å². The van der Waals surface area contributed by atoms with Gasteiger partial charge in [0.25, 0.3) is 0 Å². The maximum absolute atomic E-state index is 9.40. The Morgan fingerprint density at radius 2 is 2.11 bits per heavy atom. The van der Waals surface area contributed by atoms with Crippen molar-refractivity contribution in [2.24, 2.45) is 5.73 Å². The lowest BCUT2D eigenvalue weighted by Crippen LogP contribution is -2.02.